The number of nitrogens with zero attached hydrogens (tertiary/aromatic N) is 1. The number of H-pyrrole nitrogens is 1. The predicted octanol–water partition coefficient (Wildman–Crippen LogP) is 4.09. The van der Waals surface area contributed by atoms with Crippen LogP contribution in [0.25, 0.3) is 0 Å². The monoisotopic (exact) mass is 290 g/mol. The van der Waals surface area contributed by atoms with Crippen LogP contribution in [0.15, 0.2) is 30.3 Å². The molecule has 100 valence electrons. The Morgan fingerprint density at radius 1 is 1.16 bits per heavy atom. The fraction of sp³-hybridized carbons (Fsp3) is 0.0909. The van der Waals surface area contributed by atoms with Crippen molar-refractivity contribution in [3.05, 3.63) is 46.6 Å². The van der Waals surface area contributed by atoms with Gasteiger partial charge in [-0.25, -0.2) is 4.39 Å². The lowest BCUT2D eigenvalue weighted by Gasteiger charge is -2.09. The molecule has 8 heteroatoms. The molecule has 1 N–H and O–H groups in total. The topological polar surface area (TPSA) is 37.9 Å². The highest BCUT2D eigenvalue weighted by Gasteiger charge is 2.32. The van der Waals surface area contributed by atoms with Crippen molar-refractivity contribution < 1.29 is 22.3 Å². The molecule has 2 rings (SSSR count). The number of alkyl halides is 3. The standard InChI is InChI=1S/C11H6F4N2OS/c12-6-1-3-7(4-2-6)18-9-5-8(11(13,14)15)16-10(19)17-9/h1-5H,(H,16,17,19). The summed E-state index contributed by atoms with van der Waals surface area (Å²) in [5, 5.41) is 0. The molecule has 0 saturated heterocycles. The maximum absolute atomic E-state index is 12.7. The van der Waals surface area contributed by atoms with Gasteiger partial charge in [-0.3, -0.25) is 0 Å². The fourth-order valence-electron chi connectivity index (χ4n) is 1.26. The molecule has 0 amide bonds. The number of hydrogen-bond acceptors (Lipinski definition) is 3. The average molecular weight is 290 g/mol. The summed E-state index contributed by atoms with van der Waals surface area (Å²) in [5.41, 5.74) is -1.07. The molecule has 3 nitrogen and oxygen atoms in total. The van der Waals surface area contributed by atoms with E-state index >= 15 is 0 Å². The normalized spacial score (nSPS) is 11.4. The van der Waals surface area contributed by atoms with Crippen molar-refractivity contribution >= 4 is 12.2 Å². The Morgan fingerprint density at radius 2 is 1.79 bits per heavy atom. The van der Waals surface area contributed by atoms with Crippen molar-refractivity contribution in [3.63, 3.8) is 0 Å². The second-order valence-electron chi connectivity index (χ2n) is 3.49. The average Bonchev–Trinajstić information content (AvgIpc) is 2.30. The second kappa shape index (κ2) is 4.96. The maximum Gasteiger partial charge on any atom is 0.431 e. The van der Waals surface area contributed by atoms with Crippen LogP contribution in [0, 0.1) is 10.6 Å². The molecule has 0 fully saturated rings. The van der Waals surface area contributed by atoms with E-state index < -0.39 is 17.7 Å². The summed E-state index contributed by atoms with van der Waals surface area (Å²) in [5.74, 6) is -0.646. The molecule has 19 heavy (non-hydrogen) atoms. The fourth-order valence-corrected chi connectivity index (χ4v) is 1.46. The molecule has 0 radical (unpaired) electrons. The smallest absolute Gasteiger partial charge is 0.431 e. The molecule has 0 spiro atoms. The number of aromatic nitrogens is 2. The molecule has 0 aliphatic rings. The molecule has 0 aliphatic carbocycles. The summed E-state index contributed by atoms with van der Waals surface area (Å²) >= 11 is 4.59. The molecule has 1 aromatic heterocycles. The van der Waals surface area contributed by atoms with Gasteiger partial charge in [0.05, 0.1) is 0 Å². The number of halogens is 4. The lowest BCUT2D eigenvalue weighted by atomic mass is 10.3. The van der Waals surface area contributed by atoms with Crippen LogP contribution in [0.3, 0.4) is 0 Å². The van der Waals surface area contributed by atoms with Gasteiger partial charge in [0.2, 0.25) is 10.7 Å². The first kappa shape index (κ1) is 13.5. The van der Waals surface area contributed by atoms with E-state index in [2.05, 4.69) is 17.2 Å². The molecule has 0 bridgehead atoms. The Bertz CT molecular complexity index is 636. The number of hydrogen-bond donors (Lipinski definition) is 1. The van der Waals surface area contributed by atoms with Crippen LogP contribution in [0.5, 0.6) is 11.6 Å². The highest BCUT2D eigenvalue weighted by molar-refractivity contribution is 7.71. The largest absolute Gasteiger partial charge is 0.439 e. The van der Waals surface area contributed by atoms with Crippen molar-refractivity contribution in [2.45, 2.75) is 6.18 Å². The van der Waals surface area contributed by atoms with Gasteiger partial charge in [-0.05, 0) is 36.5 Å². The van der Waals surface area contributed by atoms with Gasteiger partial charge in [-0.2, -0.15) is 18.2 Å². The predicted molar refractivity (Wildman–Crippen MR) is 60.9 cm³/mol. The zero-order chi connectivity index (χ0) is 14.0. The van der Waals surface area contributed by atoms with Crippen LogP contribution in [0.1, 0.15) is 5.69 Å². The van der Waals surface area contributed by atoms with Crippen LogP contribution >= 0.6 is 12.2 Å². The van der Waals surface area contributed by atoms with Gasteiger partial charge in [0.25, 0.3) is 0 Å². The third-order valence-electron chi connectivity index (χ3n) is 2.06. The van der Waals surface area contributed by atoms with Crippen molar-refractivity contribution in [2.24, 2.45) is 0 Å². The molecule has 2 aromatic rings. The van der Waals surface area contributed by atoms with Gasteiger partial charge in [0.1, 0.15) is 17.3 Å². The minimum absolute atomic E-state index is 0.155. The number of ether oxygens (including phenoxy) is 1. The molecular formula is C11H6F4N2OS. The first-order valence-corrected chi connectivity index (χ1v) is 5.37. The number of nitrogens with one attached hydrogen (secondary N) is 1. The SMILES string of the molecule is Fc1ccc(Oc2cc(C(F)(F)F)[nH]c(=S)n2)cc1. The highest BCUT2D eigenvalue weighted by atomic mass is 32.1. The number of rotatable bonds is 2. The van der Waals surface area contributed by atoms with E-state index in [0.29, 0.717) is 6.07 Å². The summed E-state index contributed by atoms with van der Waals surface area (Å²) in [6, 6.07) is 5.45. The summed E-state index contributed by atoms with van der Waals surface area (Å²) in [4.78, 5) is 5.53. The number of aromatic amines is 1. The van der Waals surface area contributed by atoms with E-state index in [-0.39, 0.29) is 16.4 Å². The highest BCUT2D eigenvalue weighted by Crippen LogP contribution is 2.30. The van der Waals surface area contributed by atoms with Crippen LogP contribution in [-0.2, 0) is 6.18 Å². The lowest BCUT2D eigenvalue weighted by Crippen LogP contribution is -2.09. The van der Waals surface area contributed by atoms with Crippen molar-refractivity contribution in [1.82, 2.24) is 9.97 Å². The lowest BCUT2D eigenvalue weighted by molar-refractivity contribution is -0.141. The number of benzene rings is 1. The van der Waals surface area contributed by atoms with E-state index in [4.69, 9.17) is 4.74 Å². The Morgan fingerprint density at radius 3 is 2.37 bits per heavy atom. The van der Waals surface area contributed by atoms with Crippen LogP contribution in [0.4, 0.5) is 17.6 Å². The summed E-state index contributed by atoms with van der Waals surface area (Å²) in [6.45, 7) is 0. The molecule has 0 unspecified atom stereocenters. The molecule has 1 aromatic carbocycles. The quantitative estimate of drug-likeness (QED) is 0.668. The Hall–Kier alpha value is -1.96. The summed E-state index contributed by atoms with van der Waals surface area (Å²) < 4.78 is 55.0. The molecule has 0 saturated carbocycles. The molecule has 0 atom stereocenters. The van der Waals surface area contributed by atoms with Crippen LogP contribution in [-0.4, -0.2) is 9.97 Å². The first-order chi connectivity index (χ1) is 8.84. The molecule has 1 heterocycles. The minimum Gasteiger partial charge on any atom is -0.439 e. The van der Waals surface area contributed by atoms with E-state index in [1.54, 1.807) is 0 Å². The van der Waals surface area contributed by atoms with E-state index in [1.807, 2.05) is 4.98 Å². The Balaban J connectivity index is 2.33. The van der Waals surface area contributed by atoms with Gasteiger partial charge in [-0.15, -0.1) is 0 Å². The maximum atomic E-state index is 12.7. The zero-order valence-corrected chi connectivity index (χ0v) is 9.98. The van der Waals surface area contributed by atoms with Crippen LogP contribution < -0.4 is 4.74 Å². The van der Waals surface area contributed by atoms with Gasteiger partial charge in [0, 0.05) is 6.07 Å². The van der Waals surface area contributed by atoms with Crippen molar-refractivity contribution in [2.75, 3.05) is 0 Å². The summed E-state index contributed by atoms with van der Waals surface area (Å²) in [6.07, 6.45) is -4.59. The molecule has 0 aliphatic heterocycles. The Kier molecular flexibility index (Phi) is 3.52. The molecular weight excluding hydrogens is 284 g/mol. The Labute approximate surface area is 109 Å². The van der Waals surface area contributed by atoms with Gasteiger partial charge in [-0.1, -0.05) is 0 Å². The van der Waals surface area contributed by atoms with Gasteiger partial charge >= 0.3 is 6.18 Å². The van der Waals surface area contributed by atoms with E-state index in [9.17, 15) is 17.6 Å². The second-order valence-corrected chi connectivity index (χ2v) is 3.88. The van der Waals surface area contributed by atoms with Gasteiger partial charge < -0.3 is 9.72 Å². The minimum atomic E-state index is -4.59. The van der Waals surface area contributed by atoms with Crippen LogP contribution in [0.2, 0.25) is 0 Å². The zero-order valence-electron chi connectivity index (χ0n) is 9.16. The van der Waals surface area contributed by atoms with Crippen molar-refractivity contribution in [1.29, 1.82) is 0 Å². The third kappa shape index (κ3) is 3.50. The van der Waals surface area contributed by atoms with Gasteiger partial charge in [0.15, 0.2) is 0 Å². The third-order valence-corrected chi connectivity index (χ3v) is 2.26. The van der Waals surface area contributed by atoms with E-state index in [1.165, 1.54) is 12.1 Å². The summed E-state index contributed by atoms with van der Waals surface area (Å²) in [7, 11) is 0. The van der Waals surface area contributed by atoms with E-state index in [0.717, 1.165) is 12.1 Å². The van der Waals surface area contributed by atoms with Crippen molar-refractivity contribution in [3.8, 4) is 11.6 Å². The first-order valence-electron chi connectivity index (χ1n) is 4.96.